The van der Waals surface area contributed by atoms with Crippen molar-refractivity contribution in [3.8, 4) is 10.7 Å². The highest BCUT2D eigenvalue weighted by Crippen LogP contribution is 2.24. The Labute approximate surface area is 128 Å². The standard InChI is InChI=1S/C15H19N3O2S/c1-2-20-15(19)12(17-11-5-6-11)10-18-8-7-16-14(18)13-4-3-9-21-13/h3-4,7-9,11-12,17H,2,5-6,10H2,1H3. The molecule has 5 nitrogen and oxygen atoms in total. The second-order valence-corrected chi connectivity index (χ2v) is 6.07. The molecule has 0 bridgehead atoms. The highest BCUT2D eigenvalue weighted by atomic mass is 32.1. The van der Waals surface area contributed by atoms with E-state index in [4.69, 9.17) is 4.74 Å². The summed E-state index contributed by atoms with van der Waals surface area (Å²) in [7, 11) is 0. The van der Waals surface area contributed by atoms with E-state index < -0.39 is 0 Å². The third-order valence-electron chi connectivity index (χ3n) is 3.42. The lowest BCUT2D eigenvalue weighted by Gasteiger charge is -2.18. The van der Waals surface area contributed by atoms with Gasteiger partial charge in [0.05, 0.1) is 18.0 Å². The minimum Gasteiger partial charge on any atom is -0.465 e. The number of hydrogen-bond donors (Lipinski definition) is 1. The Bertz CT molecular complexity index is 590. The highest BCUT2D eigenvalue weighted by molar-refractivity contribution is 7.13. The van der Waals surface area contributed by atoms with E-state index in [9.17, 15) is 4.79 Å². The zero-order valence-corrected chi connectivity index (χ0v) is 12.8. The van der Waals surface area contributed by atoms with Gasteiger partial charge >= 0.3 is 5.97 Å². The van der Waals surface area contributed by atoms with E-state index >= 15 is 0 Å². The number of thiophene rings is 1. The molecule has 0 spiro atoms. The van der Waals surface area contributed by atoms with Crippen LogP contribution in [0.25, 0.3) is 10.7 Å². The third kappa shape index (κ3) is 3.51. The van der Waals surface area contributed by atoms with Crippen LogP contribution in [0.2, 0.25) is 0 Å². The number of esters is 1. The van der Waals surface area contributed by atoms with E-state index in [0.29, 0.717) is 19.2 Å². The minimum absolute atomic E-state index is 0.185. The van der Waals surface area contributed by atoms with Gasteiger partial charge in [0, 0.05) is 18.4 Å². The summed E-state index contributed by atoms with van der Waals surface area (Å²) in [6, 6.07) is 4.18. The van der Waals surface area contributed by atoms with Gasteiger partial charge in [-0.15, -0.1) is 11.3 Å². The fourth-order valence-corrected chi connectivity index (χ4v) is 2.99. The van der Waals surface area contributed by atoms with E-state index in [2.05, 4.69) is 10.3 Å². The maximum absolute atomic E-state index is 12.1. The van der Waals surface area contributed by atoms with Crippen LogP contribution in [-0.4, -0.2) is 34.2 Å². The molecule has 0 aliphatic heterocycles. The SMILES string of the molecule is CCOC(=O)C(Cn1ccnc1-c1cccs1)NC1CC1. The molecule has 21 heavy (non-hydrogen) atoms. The molecule has 1 saturated carbocycles. The van der Waals surface area contributed by atoms with Crippen molar-refractivity contribution in [3.63, 3.8) is 0 Å². The van der Waals surface area contributed by atoms with Gasteiger partial charge in [0.1, 0.15) is 11.9 Å². The number of carbonyl (C=O) groups is 1. The number of rotatable bonds is 7. The van der Waals surface area contributed by atoms with E-state index in [1.54, 1.807) is 17.5 Å². The predicted molar refractivity (Wildman–Crippen MR) is 82.1 cm³/mol. The van der Waals surface area contributed by atoms with Crippen LogP contribution in [0, 0.1) is 0 Å². The van der Waals surface area contributed by atoms with Gasteiger partial charge in [-0.05, 0) is 31.2 Å². The summed E-state index contributed by atoms with van der Waals surface area (Å²) in [4.78, 5) is 17.6. The molecule has 6 heteroatoms. The fourth-order valence-electron chi connectivity index (χ4n) is 2.26. The summed E-state index contributed by atoms with van der Waals surface area (Å²) < 4.78 is 7.20. The van der Waals surface area contributed by atoms with Crippen molar-refractivity contribution in [1.82, 2.24) is 14.9 Å². The Morgan fingerprint density at radius 3 is 3.14 bits per heavy atom. The Kier molecular flexibility index (Phi) is 4.36. The first-order chi connectivity index (χ1) is 10.3. The Hall–Kier alpha value is -1.66. The number of imidazole rings is 1. The van der Waals surface area contributed by atoms with Crippen molar-refractivity contribution >= 4 is 17.3 Å². The molecule has 1 unspecified atom stereocenters. The highest BCUT2D eigenvalue weighted by Gasteiger charge is 2.30. The van der Waals surface area contributed by atoms with Gasteiger partial charge in [0.15, 0.2) is 0 Å². The van der Waals surface area contributed by atoms with Crippen molar-refractivity contribution in [2.45, 2.75) is 38.4 Å². The Morgan fingerprint density at radius 2 is 2.48 bits per heavy atom. The summed E-state index contributed by atoms with van der Waals surface area (Å²) in [5.41, 5.74) is 0. The number of aromatic nitrogens is 2. The molecule has 3 rings (SSSR count). The molecule has 1 aliphatic rings. The van der Waals surface area contributed by atoms with Crippen molar-refractivity contribution < 1.29 is 9.53 Å². The molecule has 1 aliphatic carbocycles. The topological polar surface area (TPSA) is 56.2 Å². The van der Waals surface area contributed by atoms with Gasteiger partial charge in [-0.2, -0.15) is 0 Å². The van der Waals surface area contributed by atoms with Crippen LogP contribution in [0.15, 0.2) is 29.9 Å². The number of nitrogens with zero attached hydrogens (tertiary/aromatic N) is 2. The van der Waals surface area contributed by atoms with Crippen LogP contribution >= 0.6 is 11.3 Å². The van der Waals surface area contributed by atoms with Gasteiger partial charge in [-0.25, -0.2) is 4.98 Å². The number of nitrogens with one attached hydrogen (secondary N) is 1. The van der Waals surface area contributed by atoms with Crippen LogP contribution in [-0.2, 0) is 16.1 Å². The maximum Gasteiger partial charge on any atom is 0.324 e. The second-order valence-electron chi connectivity index (χ2n) is 5.13. The maximum atomic E-state index is 12.1. The molecular weight excluding hydrogens is 286 g/mol. The molecular formula is C15H19N3O2S. The third-order valence-corrected chi connectivity index (χ3v) is 4.29. The molecule has 1 N–H and O–H groups in total. The number of hydrogen-bond acceptors (Lipinski definition) is 5. The van der Waals surface area contributed by atoms with E-state index in [0.717, 1.165) is 23.5 Å². The van der Waals surface area contributed by atoms with Gasteiger partial charge in [-0.3, -0.25) is 4.79 Å². The largest absolute Gasteiger partial charge is 0.465 e. The zero-order chi connectivity index (χ0) is 14.7. The average Bonchev–Trinajstić information content (AvgIpc) is 2.95. The quantitative estimate of drug-likeness (QED) is 0.798. The summed E-state index contributed by atoms with van der Waals surface area (Å²) in [5, 5.41) is 5.39. The van der Waals surface area contributed by atoms with E-state index in [1.807, 2.05) is 35.2 Å². The molecule has 1 atom stereocenters. The van der Waals surface area contributed by atoms with Crippen molar-refractivity contribution in [3.05, 3.63) is 29.9 Å². The predicted octanol–water partition coefficient (Wildman–Crippen LogP) is 2.30. The van der Waals surface area contributed by atoms with Crippen molar-refractivity contribution in [2.75, 3.05) is 6.61 Å². The van der Waals surface area contributed by atoms with Crippen LogP contribution in [0.3, 0.4) is 0 Å². The Morgan fingerprint density at radius 1 is 1.62 bits per heavy atom. The fraction of sp³-hybridized carbons (Fsp3) is 0.467. The molecule has 2 heterocycles. The molecule has 2 aromatic rings. The van der Waals surface area contributed by atoms with Crippen LogP contribution in [0.5, 0.6) is 0 Å². The van der Waals surface area contributed by atoms with Gasteiger partial charge in [0.25, 0.3) is 0 Å². The molecule has 0 aromatic carbocycles. The second kappa shape index (κ2) is 6.41. The zero-order valence-electron chi connectivity index (χ0n) is 12.0. The van der Waals surface area contributed by atoms with Gasteiger partial charge in [-0.1, -0.05) is 6.07 Å². The molecule has 112 valence electrons. The lowest BCUT2D eigenvalue weighted by molar-refractivity contribution is -0.146. The lowest BCUT2D eigenvalue weighted by Crippen LogP contribution is -2.42. The molecule has 0 amide bonds. The van der Waals surface area contributed by atoms with Crippen molar-refractivity contribution in [1.29, 1.82) is 0 Å². The first-order valence-corrected chi connectivity index (χ1v) is 8.13. The summed E-state index contributed by atoms with van der Waals surface area (Å²) >= 11 is 1.65. The van der Waals surface area contributed by atoms with Crippen LogP contribution < -0.4 is 5.32 Å². The van der Waals surface area contributed by atoms with E-state index in [1.165, 1.54) is 0 Å². The average molecular weight is 305 g/mol. The summed E-state index contributed by atoms with van der Waals surface area (Å²) in [6.45, 7) is 2.78. The first kappa shape index (κ1) is 14.3. The van der Waals surface area contributed by atoms with Crippen LogP contribution in [0.4, 0.5) is 0 Å². The number of ether oxygens (including phenoxy) is 1. The first-order valence-electron chi connectivity index (χ1n) is 7.25. The summed E-state index contributed by atoms with van der Waals surface area (Å²) in [6.07, 6.45) is 5.96. The van der Waals surface area contributed by atoms with E-state index in [-0.39, 0.29) is 12.0 Å². The smallest absolute Gasteiger partial charge is 0.324 e. The van der Waals surface area contributed by atoms with Crippen LogP contribution in [0.1, 0.15) is 19.8 Å². The molecule has 1 fully saturated rings. The molecule has 2 aromatic heterocycles. The Balaban J connectivity index is 1.76. The lowest BCUT2D eigenvalue weighted by atomic mass is 10.2. The molecule has 0 radical (unpaired) electrons. The van der Waals surface area contributed by atoms with Gasteiger partial charge in [0.2, 0.25) is 0 Å². The summed E-state index contributed by atoms with van der Waals surface area (Å²) in [5.74, 6) is 0.715. The van der Waals surface area contributed by atoms with Crippen molar-refractivity contribution in [2.24, 2.45) is 0 Å². The normalized spacial score (nSPS) is 15.9. The van der Waals surface area contributed by atoms with Gasteiger partial charge < -0.3 is 14.6 Å². The number of carbonyl (C=O) groups excluding carboxylic acids is 1. The monoisotopic (exact) mass is 305 g/mol. The molecule has 0 saturated heterocycles. The minimum atomic E-state index is -0.314.